The van der Waals surface area contributed by atoms with E-state index < -0.39 is 22.4 Å². The third kappa shape index (κ3) is 5.64. The molecule has 0 bridgehead atoms. The molecular formula is C17H16N6O6S. The van der Waals surface area contributed by atoms with Crippen LogP contribution in [0.2, 0.25) is 0 Å². The SMILES string of the molecule is COc1cc(/C=N/NC(=O)Cn2cncn2)ccc1OC(=O)C[C@@H]1SC(=O)NC1=O. The van der Waals surface area contributed by atoms with Gasteiger partial charge in [0, 0.05) is 0 Å². The number of nitrogens with zero attached hydrogens (tertiary/aromatic N) is 4. The van der Waals surface area contributed by atoms with Crippen LogP contribution in [0.1, 0.15) is 12.0 Å². The zero-order valence-corrected chi connectivity index (χ0v) is 16.4. The van der Waals surface area contributed by atoms with Gasteiger partial charge in [-0.3, -0.25) is 24.5 Å². The number of esters is 1. The van der Waals surface area contributed by atoms with Crippen LogP contribution in [-0.2, 0) is 20.9 Å². The van der Waals surface area contributed by atoms with Crippen molar-refractivity contribution in [2.24, 2.45) is 5.10 Å². The third-order valence-electron chi connectivity index (χ3n) is 3.71. The van der Waals surface area contributed by atoms with Crippen LogP contribution in [0, 0.1) is 0 Å². The average Bonchev–Trinajstić information content (AvgIpc) is 3.32. The van der Waals surface area contributed by atoms with Crippen LogP contribution in [0.15, 0.2) is 36.0 Å². The smallest absolute Gasteiger partial charge is 0.312 e. The van der Waals surface area contributed by atoms with Crippen LogP contribution in [0.3, 0.4) is 0 Å². The van der Waals surface area contributed by atoms with Gasteiger partial charge in [0.2, 0.25) is 5.91 Å². The second kappa shape index (κ2) is 9.65. The monoisotopic (exact) mass is 432 g/mol. The first-order valence-corrected chi connectivity index (χ1v) is 9.37. The van der Waals surface area contributed by atoms with Crippen molar-refractivity contribution < 1.29 is 28.7 Å². The van der Waals surface area contributed by atoms with Crippen LogP contribution in [0.25, 0.3) is 0 Å². The Labute approximate surface area is 174 Å². The lowest BCUT2D eigenvalue weighted by molar-refractivity contribution is -0.136. The lowest BCUT2D eigenvalue weighted by atomic mass is 10.2. The Morgan fingerprint density at radius 3 is 2.87 bits per heavy atom. The van der Waals surface area contributed by atoms with Crippen molar-refractivity contribution in [3.8, 4) is 11.5 Å². The normalized spacial score (nSPS) is 15.8. The molecule has 2 aromatic rings. The molecule has 2 heterocycles. The van der Waals surface area contributed by atoms with Crippen LogP contribution >= 0.6 is 11.8 Å². The van der Waals surface area contributed by atoms with Crippen LogP contribution in [0.5, 0.6) is 11.5 Å². The molecule has 1 aliphatic heterocycles. The van der Waals surface area contributed by atoms with E-state index in [1.807, 2.05) is 0 Å². The number of thioether (sulfide) groups is 1. The summed E-state index contributed by atoms with van der Waals surface area (Å²) in [5, 5.41) is 8.45. The summed E-state index contributed by atoms with van der Waals surface area (Å²) in [6.45, 7) is -0.0293. The average molecular weight is 432 g/mol. The highest BCUT2D eigenvalue weighted by atomic mass is 32.2. The Hall–Kier alpha value is -3.74. The van der Waals surface area contributed by atoms with Gasteiger partial charge in [-0.15, -0.1) is 0 Å². The maximum absolute atomic E-state index is 12.1. The molecule has 30 heavy (non-hydrogen) atoms. The highest BCUT2D eigenvalue weighted by Crippen LogP contribution is 2.29. The topological polar surface area (TPSA) is 154 Å². The summed E-state index contributed by atoms with van der Waals surface area (Å²) in [7, 11) is 1.40. The molecule has 1 saturated heterocycles. The zero-order chi connectivity index (χ0) is 21.5. The quantitative estimate of drug-likeness (QED) is 0.255. The minimum absolute atomic E-state index is 0.0293. The second-order valence-corrected chi connectivity index (χ2v) is 7.03. The van der Waals surface area contributed by atoms with Crippen LogP contribution in [0.4, 0.5) is 4.79 Å². The van der Waals surface area contributed by atoms with Gasteiger partial charge in [-0.25, -0.2) is 15.1 Å². The number of imide groups is 1. The van der Waals surface area contributed by atoms with Crippen molar-refractivity contribution in [1.82, 2.24) is 25.5 Å². The van der Waals surface area contributed by atoms with E-state index >= 15 is 0 Å². The molecule has 1 atom stereocenters. The fraction of sp³-hybridized carbons (Fsp3) is 0.235. The number of carbonyl (C=O) groups is 4. The first-order valence-electron chi connectivity index (χ1n) is 8.49. The van der Waals surface area contributed by atoms with Gasteiger partial charge in [-0.05, 0) is 23.8 Å². The van der Waals surface area contributed by atoms with Crippen LogP contribution < -0.4 is 20.2 Å². The summed E-state index contributed by atoms with van der Waals surface area (Å²) in [4.78, 5) is 50.3. The number of aromatic nitrogens is 3. The largest absolute Gasteiger partial charge is 0.493 e. The summed E-state index contributed by atoms with van der Waals surface area (Å²) in [5.74, 6) is -1.20. The molecular weight excluding hydrogens is 416 g/mol. The molecule has 3 rings (SSSR count). The van der Waals surface area contributed by atoms with Gasteiger partial charge in [0.05, 0.1) is 19.7 Å². The zero-order valence-electron chi connectivity index (χ0n) is 15.6. The first-order chi connectivity index (χ1) is 14.4. The van der Waals surface area contributed by atoms with Crippen LogP contribution in [-0.4, -0.2) is 56.4 Å². The third-order valence-corrected chi connectivity index (χ3v) is 4.69. The number of benzene rings is 1. The molecule has 156 valence electrons. The molecule has 0 radical (unpaired) electrons. The Kier molecular flexibility index (Phi) is 6.75. The highest BCUT2D eigenvalue weighted by Gasteiger charge is 2.34. The van der Waals surface area contributed by atoms with Gasteiger partial charge in [0.25, 0.3) is 11.1 Å². The summed E-state index contributed by atoms with van der Waals surface area (Å²) in [6.07, 6.45) is 3.85. The number of hydrogen-bond donors (Lipinski definition) is 2. The first kappa shape index (κ1) is 21.0. The number of methoxy groups -OCH3 is 1. The van der Waals surface area contributed by atoms with Crippen molar-refractivity contribution in [3.63, 3.8) is 0 Å². The maximum Gasteiger partial charge on any atom is 0.312 e. The van der Waals surface area contributed by atoms with Crippen molar-refractivity contribution >= 4 is 41.0 Å². The van der Waals surface area contributed by atoms with Gasteiger partial charge in [-0.2, -0.15) is 10.2 Å². The van der Waals surface area contributed by atoms with Gasteiger partial charge in [0.1, 0.15) is 24.4 Å². The number of carbonyl (C=O) groups excluding carboxylic acids is 4. The maximum atomic E-state index is 12.1. The van der Waals surface area contributed by atoms with Crippen molar-refractivity contribution in [2.45, 2.75) is 18.2 Å². The van der Waals surface area contributed by atoms with Gasteiger partial charge < -0.3 is 9.47 Å². The molecule has 0 unspecified atom stereocenters. The van der Waals surface area contributed by atoms with Crippen molar-refractivity contribution in [2.75, 3.05) is 7.11 Å². The number of rotatable bonds is 8. The Bertz CT molecular complexity index is 993. The molecule has 13 heteroatoms. The summed E-state index contributed by atoms with van der Waals surface area (Å²) in [6, 6.07) is 4.64. The van der Waals surface area contributed by atoms with E-state index in [0.29, 0.717) is 5.56 Å². The lowest BCUT2D eigenvalue weighted by Crippen LogP contribution is -2.27. The highest BCUT2D eigenvalue weighted by molar-refractivity contribution is 8.15. The number of hydrazone groups is 1. The van der Waals surface area contributed by atoms with E-state index in [-0.39, 0.29) is 30.4 Å². The molecule has 0 saturated carbocycles. The molecule has 2 N–H and O–H groups in total. The fourth-order valence-electron chi connectivity index (χ4n) is 2.37. The predicted molar refractivity (Wildman–Crippen MR) is 104 cm³/mol. The Morgan fingerprint density at radius 2 is 2.20 bits per heavy atom. The standard InChI is InChI=1S/C17H16N6O6S/c1-28-12-4-10(6-19-22-14(24)7-23-9-18-8-20-23)2-3-11(12)29-15(25)5-13-16(26)21-17(27)30-13/h2-4,6,8-9,13H,5,7H2,1H3,(H,22,24)(H,21,26,27)/b19-6+/t13-/m0/s1. The molecule has 12 nitrogen and oxygen atoms in total. The van der Waals surface area contributed by atoms with Gasteiger partial charge in [0.15, 0.2) is 11.5 Å². The van der Waals surface area contributed by atoms with E-state index in [9.17, 15) is 19.2 Å². The molecule has 0 aliphatic carbocycles. The van der Waals surface area contributed by atoms with Crippen molar-refractivity contribution in [3.05, 3.63) is 36.4 Å². The van der Waals surface area contributed by atoms with Gasteiger partial charge in [-0.1, -0.05) is 11.8 Å². The lowest BCUT2D eigenvalue weighted by Gasteiger charge is -2.10. The van der Waals surface area contributed by atoms with E-state index in [0.717, 1.165) is 11.8 Å². The van der Waals surface area contributed by atoms with E-state index in [1.165, 1.54) is 36.7 Å². The van der Waals surface area contributed by atoms with Gasteiger partial charge >= 0.3 is 5.97 Å². The molecule has 1 aliphatic rings. The van der Waals surface area contributed by atoms with E-state index in [2.05, 4.69) is 25.9 Å². The fourth-order valence-corrected chi connectivity index (χ4v) is 3.17. The number of ether oxygens (including phenoxy) is 2. The Morgan fingerprint density at radius 1 is 1.37 bits per heavy atom. The number of nitrogens with one attached hydrogen (secondary N) is 2. The second-order valence-electron chi connectivity index (χ2n) is 5.86. The minimum Gasteiger partial charge on any atom is -0.493 e. The summed E-state index contributed by atoms with van der Waals surface area (Å²) < 4.78 is 11.8. The van der Waals surface area contributed by atoms with E-state index in [1.54, 1.807) is 12.1 Å². The minimum atomic E-state index is -0.816. The molecule has 0 spiro atoms. The van der Waals surface area contributed by atoms with E-state index in [4.69, 9.17) is 9.47 Å². The molecule has 1 fully saturated rings. The number of amides is 3. The predicted octanol–water partition coefficient (Wildman–Crippen LogP) is 0.0841. The molecule has 3 amide bonds. The van der Waals surface area contributed by atoms with Crippen molar-refractivity contribution in [1.29, 1.82) is 0 Å². The summed E-state index contributed by atoms with van der Waals surface area (Å²) in [5.41, 5.74) is 2.92. The number of hydrogen-bond acceptors (Lipinski definition) is 10. The summed E-state index contributed by atoms with van der Waals surface area (Å²) >= 11 is 0.745. The Balaban J connectivity index is 1.56. The molecule has 1 aromatic heterocycles. The molecule has 1 aromatic carbocycles.